The number of aryl methyl sites for hydroxylation is 2. The first-order valence-corrected chi connectivity index (χ1v) is 12.9. The summed E-state index contributed by atoms with van der Waals surface area (Å²) in [6.45, 7) is 6.59. The van der Waals surface area contributed by atoms with Gasteiger partial charge >= 0.3 is 0 Å². The maximum absolute atomic E-state index is 12.7. The number of nitrogens with zero attached hydrogens (tertiary/aromatic N) is 3. The third-order valence-electron chi connectivity index (χ3n) is 5.43. The van der Waals surface area contributed by atoms with Gasteiger partial charge in [-0.15, -0.1) is 10.2 Å². The first-order valence-electron chi connectivity index (χ1n) is 11.9. The van der Waals surface area contributed by atoms with E-state index in [2.05, 4.69) is 20.8 Å². The molecular weight excluding hydrogens is 486 g/mol. The van der Waals surface area contributed by atoms with Crippen LogP contribution in [0.5, 0.6) is 5.75 Å². The summed E-state index contributed by atoms with van der Waals surface area (Å²) in [6.07, 6.45) is 0. The second-order valence-electron chi connectivity index (χ2n) is 8.42. The van der Waals surface area contributed by atoms with Crippen molar-refractivity contribution < 1.29 is 14.3 Å². The summed E-state index contributed by atoms with van der Waals surface area (Å²) >= 11 is 1.27. The summed E-state index contributed by atoms with van der Waals surface area (Å²) in [5.74, 6) is 1.11. The van der Waals surface area contributed by atoms with Gasteiger partial charge in [0.1, 0.15) is 5.75 Å². The molecule has 0 aliphatic rings. The van der Waals surface area contributed by atoms with Gasteiger partial charge in [-0.05, 0) is 74.9 Å². The van der Waals surface area contributed by atoms with Crippen molar-refractivity contribution in [2.45, 2.75) is 32.5 Å². The SMILES string of the molecule is CCOc1ccc(-n2c(CNC(=O)c3cccc(C)c3)nnc2SCC(=O)Nc2cccc(C)c2)cc1. The molecule has 1 aromatic heterocycles. The van der Waals surface area contributed by atoms with E-state index >= 15 is 0 Å². The Hall–Kier alpha value is -4.11. The topological polar surface area (TPSA) is 98.1 Å². The van der Waals surface area contributed by atoms with Crippen molar-refractivity contribution in [2.24, 2.45) is 0 Å². The Balaban J connectivity index is 1.52. The van der Waals surface area contributed by atoms with Gasteiger partial charge in [-0.2, -0.15) is 0 Å². The summed E-state index contributed by atoms with van der Waals surface area (Å²) in [7, 11) is 0. The molecule has 1 heterocycles. The van der Waals surface area contributed by atoms with Crippen molar-refractivity contribution in [2.75, 3.05) is 17.7 Å². The number of ether oxygens (including phenoxy) is 1. The first-order chi connectivity index (χ1) is 17.9. The van der Waals surface area contributed by atoms with Crippen LogP contribution in [0.1, 0.15) is 34.2 Å². The quantitative estimate of drug-likeness (QED) is 0.290. The molecular formula is C28H29N5O3S. The number of benzene rings is 3. The maximum Gasteiger partial charge on any atom is 0.251 e. The van der Waals surface area contributed by atoms with E-state index in [0.29, 0.717) is 23.2 Å². The molecule has 4 rings (SSSR count). The molecule has 2 amide bonds. The van der Waals surface area contributed by atoms with Gasteiger partial charge in [0.2, 0.25) is 5.91 Å². The molecule has 37 heavy (non-hydrogen) atoms. The second-order valence-corrected chi connectivity index (χ2v) is 9.36. The number of hydrogen-bond acceptors (Lipinski definition) is 6. The number of aromatic nitrogens is 3. The molecule has 190 valence electrons. The molecule has 0 aliphatic heterocycles. The number of amides is 2. The van der Waals surface area contributed by atoms with Crippen LogP contribution in [-0.2, 0) is 11.3 Å². The smallest absolute Gasteiger partial charge is 0.251 e. The number of nitrogens with one attached hydrogen (secondary N) is 2. The van der Waals surface area contributed by atoms with Gasteiger partial charge in [0.15, 0.2) is 11.0 Å². The molecule has 0 radical (unpaired) electrons. The summed E-state index contributed by atoms with van der Waals surface area (Å²) in [5, 5.41) is 15.0. The minimum absolute atomic E-state index is 0.147. The van der Waals surface area contributed by atoms with E-state index in [1.54, 1.807) is 6.07 Å². The van der Waals surface area contributed by atoms with Crippen LogP contribution in [0.25, 0.3) is 5.69 Å². The first kappa shape index (κ1) is 26.0. The Morgan fingerprint density at radius 3 is 2.38 bits per heavy atom. The van der Waals surface area contributed by atoms with Crippen molar-refractivity contribution in [1.82, 2.24) is 20.1 Å². The number of thioether (sulfide) groups is 1. The van der Waals surface area contributed by atoms with E-state index in [1.807, 2.05) is 92.1 Å². The van der Waals surface area contributed by atoms with E-state index in [1.165, 1.54) is 11.8 Å². The average Bonchev–Trinajstić information content (AvgIpc) is 3.29. The molecule has 0 atom stereocenters. The van der Waals surface area contributed by atoms with Gasteiger partial charge in [0.05, 0.1) is 18.9 Å². The zero-order chi connectivity index (χ0) is 26.2. The van der Waals surface area contributed by atoms with Crippen molar-refractivity contribution in [3.05, 3.63) is 95.3 Å². The van der Waals surface area contributed by atoms with Gasteiger partial charge in [-0.1, -0.05) is 41.6 Å². The highest BCUT2D eigenvalue weighted by molar-refractivity contribution is 7.99. The van der Waals surface area contributed by atoms with Gasteiger partial charge in [0, 0.05) is 16.9 Å². The number of rotatable bonds is 10. The predicted molar refractivity (Wildman–Crippen MR) is 145 cm³/mol. The minimum atomic E-state index is -0.198. The lowest BCUT2D eigenvalue weighted by molar-refractivity contribution is -0.113. The molecule has 4 aromatic rings. The molecule has 0 bridgehead atoms. The Kier molecular flexibility index (Phi) is 8.58. The molecule has 0 saturated heterocycles. The Bertz CT molecular complexity index is 1380. The van der Waals surface area contributed by atoms with E-state index in [9.17, 15) is 9.59 Å². The molecule has 0 fully saturated rings. The summed E-state index contributed by atoms with van der Waals surface area (Å²) in [6, 6.07) is 22.6. The van der Waals surface area contributed by atoms with Crippen molar-refractivity contribution in [1.29, 1.82) is 0 Å². The second kappa shape index (κ2) is 12.2. The zero-order valence-electron chi connectivity index (χ0n) is 21.0. The Labute approximate surface area is 220 Å². The lowest BCUT2D eigenvalue weighted by atomic mass is 10.1. The summed E-state index contributed by atoms with van der Waals surface area (Å²) in [5.41, 5.74) is 4.20. The molecule has 8 nitrogen and oxygen atoms in total. The molecule has 2 N–H and O–H groups in total. The Morgan fingerprint density at radius 1 is 0.946 bits per heavy atom. The Morgan fingerprint density at radius 2 is 1.68 bits per heavy atom. The maximum atomic E-state index is 12.7. The van der Waals surface area contributed by atoms with Gasteiger partial charge < -0.3 is 15.4 Å². The minimum Gasteiger partial charge on any atom is -0.494 e. The van der Waals surface area contributed by atoms with Crippen LogP contribution in [0.3, 0.4) is 0 Å². The standard InChI is InChI=1S/C28H29N5O3S/c1-4-36-24-13-11-23(12-14-24)33-25(17-29-27(35)21-9-5-7-19(2)15-21)31-32-28(33)37-18-26(34)30-22-10-6-8-20(3)16-22/h5-16H,4,17-18H2,1-3H3,(H,29,35)(H,30,34). The van der Waals surface area contributed by atoms with E-state index in [0.717, 1.165) is 28.3 Å². The van der Waals surface area contributed by atoms with Crippen LogP contribution >= 0.6 is 11.8 Å². The van der Waals surface area contributed by atoms with Gasteiger partial charge in [0.25, 0.3) is 5.91 Å². The normalized spacial score (nSPS) is 10.7. The van der Waals surface area contributed by atoms with Crippen LogP contribution in [0.2, 0.25) is 0 Å². The molecule has 3 aromatic carbocycles. The predicted octanol–water partition coefficient (Wildman–Crippen LogP) is 4.94. The highest BCUT2D eigenvalue weighted by Crippen LogP contribution is 2.24. The number of anilines is 1. The van der Waals surface area contributed by atoms with E-state index < -0.39 is 0 Å². The number of carbonyl (C=O) groups excluding carboxylic acids is 2. The number of hydrogen-bond donors (Lipinski definition) is 2. The van der Waals surface area contributed by atoms with E-state index in [4.69, 9.17) is 4.74 Å². The summed E-state index contributed by atoms with van der Waals surface area (Å²) in [4.78, 5) is 25.3. The average molecular weight is 516 g/mol. The largest absolute Gasteiger partial charge is 0.494 e. The monoisotopic (exact) mass is 515 g/mol. The van der Waals surface area contributed by atoms with Gasteiger partial charge in [-0.3, -0.25) is 14.2 Å². The van der Waals surface area contributed by atoms with Crippen LogP contribution in [0, 0.1) is 13.8 Å². The highest BCUT2D eigenvalue weighted by atomic mass is 32.2. The molecule has 0 saturated carbocycles. The van der Waals surface area contributed by atoms with E-state index in [-0.39, 0.29) is 24.1 Å². The number of carbonyl (C=O) groups is 2. The fourth-order valence-corrected chi connectivity index (χ4v) is 4.49. The fraction of sp³-hybridized carbons (Fsp3) is 0.214. The molecule has 9 heteroatoms. The highest BCUT2D eigenvalue weighted by Gasteiger charge is 2.17. The van der Waals surface area contributed by atoms with Crippen molar-refractivity contribution >= 4 is 29.3 Å². The third kappa shape index (κ3) is 6.98. The molecule has 0 spiro atoms. The van der Waals surface area contributed by atoms with Crippen LogP contribution in [0.4, 0.5) is 5.69 Å². The van der Waals surface area contributed by atoms with Crippen LogP contribution < -0.4 is 15.4 Å². The third-order valence-corrected chi connectivity index (χ3v) is 6.36. The van der Waals surface area contributed by atoms with Crippen LogP contribution in [0.15, 0.2) is 78.0 Å². The van der Waals surface area contributed by atoms with Crippen molar-refractivity contribution in [3.63, 3.8) is 0 Å². The lowest BCUT2D eigenvalue weighted by Crippen LogP contribution is -2.24. The van der Waals surface area contributed by atoms with Gasteiger partial charge in [-0.25, -0.2) is 0 Å². The van der Waals surface area contributed by atoms with Crippen LogP contribution in [-0.4, -0.2) is 38.9 Å². The lowest BCUT2D eigenvalue weighted by Gasteiger charge is -2.12. The fourth-order valence-electron chi connectivity index (χ4n) is 3.72. The zero-order valence-corrected chi connectivity index (χ0v) is 21.8. The summed E-state index contributed by atoms with van der Waals surface area (Å²) < 4.78 is 7.41. The molecule has 0 unspecified atom stereocenters. The van der Waals surface area contributed by atoms with Crippen molar-refractivity contribution in [3.8, 4) is 11.4 Å². The molecule has 0 aliphatic carbocycles.